The molecule has 0 atom stereocenters. The number of aliphatic imine (C=N–C) groups is 1. The number of hydrogen-bond acceptors (Lipinski definition) is 7. The summed E-state index contributed by atoms with van der Waals surface area (Å²) < 4.78 is 0. The van der Waals surface area contributed by atoms with E-state index >= 15 is 0 Å². The molecule has 2 aromatic rings. The van der Waals surface area contributed by atoms with E-state index in [4.69, 9.17) is 22.4 Å². The SMILES string of the molecule is NNC(=O)c1cccc2c1NC1(CCNCC1)C(N=NCc1cccc(Cl)c1)=N2. The number of fused-ring (bicyclic) bond motifs is 1. The van der Waals surface area contributed by atoms with Crippen LogP contribution in [0.4, 0.5) is 11.4 Å². The smallest absolute Gasteiger partial charge is 0.267 e. The normalized spacial score (nSPS) is 17.5. The predicted octanol–water partition coefficient (Wildman–Crippen LogP) is 3.17. The molecule has 8 nitrogen and oxygen atoms in total. The lowest BCUT2D eigenvalue weighted by atomic mass is 9.85. The van der Waals surface area contributed by atoms with Crippen LogP contribution in [0.15, 0.2) is 57.7 Å². The van der Waals surface area contributed by atoms with Crippen LogP contribution in [0.5, 0.6) is 0 Å². The quantitative estimate of drug-likeness (QED) is 0.268. The third-order valence-corrected chi connectivity index (χ3v) is 5.44. The molecule has 0 unspecified atom stereocenters. The van der Waals surface area contributed by atoms with Gasteiger partial charge in [-0.1, -0.05) is 29.8 Å². The molecule has 2 aromatic carbocycles. The van der Waals surface area contributed by atoms with Gasteiger partial charge < -0.3 is 10.6 Å². The fourth-order valence-corrected chi connectivity index (χ4v) is 3.90. The van der Waals surface area contributed by atoms with Gasteiger partial charge in [0.15, 0.2) is 5.84 Å². The van der Waals surface area contributed by atoms with Gasteiger partial charge in [0.05, 0.1) is 23.5 Å². The summed E-state index contributed by atoms with van der Waals surface area (Å²) in [6.45, 7) is 2.04. The Morgan fingerprint density at radius 1 is 1.24 bits per heavy atom. The highest BCUT2D eigenvalue weighted by molar-refractivity contribution is 6.30. The zero-order valence-electron chi connectivity index (χ0n) is 15.8. The standard InChI is InChI=1S/C20H22ClN7O/c21-14-4-1-3-13(11-14)12-24-28-19-20(7-9-23-10-8-20)26-17-15(18(29)27-22)5-2-6-16(17)25-19/h1-6,11,23,26H,7-10,12,22H2,(H,27,29). The van der Waals surface area contributed by atoms with Crippen LogP contribution in [0.1, 0.15) is 28.8 Å². The van der Waals surface area contributed by atoms with Crippen molar-refractivity contribution in [2.75, 3.05) is 18.4 Å². The number of carbonyl (C=O) groups excluding carboxylic acids is 1. The number of carbonyl (C=O) groups is 1. The molecule has 1 amide bonds. The maximum Gasteiger partial charge on any atom is 0.267 e. The number of nitrogens with two attached hydrogens (primary N) is 1. The largest absolute Gasteiger partial charge is 0.370 e. The molecule has 1 spiro atoms. The van der Waals surface area contributed by atoms with Gasteiger partial charge in [-0.05, 0) is 55.8 Å². The molecule has 2 aliphatic rings. The van der Waals surface area contributed by atoms with E-state index in [2.05, 4.69) is 26.3 Å². The van der Waals surface area contributed by atoms with Gasteiger partial charge in [0.25, 0.3) is 5.91 Å². The van der Waals surface area contributed by atoms with Gasteiger partial charge in [-0.25, -0.2) is 10.8 Å². The monoisotopic (exact) mass is 411 g/mol. The summed E-state index contributed by atoms with van der Waals surface area (Å²) >= 11 is 6.04. The number of nitrogens with zero attached hydrogens (tertiary/aromatic N) is 3. The van der Waals surface area contributed by atoms with Crippen LogP contribution in [0.25, 0.3) is 0 Å². The first kappa shape index (κ1) is 19.5. The number of rotatable bonds is 3. The van der Waals surface area contributed by atoms with E-state index in [9.17, 15) is 4.79 Å². The summed E-state index contributed by atoms with van der Waals surface area (Å²) in [5, 5.41) is 16.4. The molecule has 2 aliphatic heterocycles. The lowest BCUT2D eigenvalue weighted by molar-refractivity contribution is 0.0954. The lowest BCUT2D eigenvalue weighted by Crippen LogP contribution is -2.54. The molecule has 5 N–H and O–H groups in total. The van der Waals surface area contributed by atoms with Crippen LogP contribution in [0.2, 0.25) is 5.02 Å². The number of hydrogen-bond donors (Lipinski definition) is 4. The number of amidine groups is 1. The Bertz CT molecular complexity index is 983. The van der Waals surface area contributed by atoms with Gasteiger partial charge >= 0.3 is 0 Å². The zero-order chi connectivity index (χ0) is 20.3. The van der Waals surface area contributed by atoms with E-state index in [1.807, 2.05) is 30.3 Å². The summed E-state index contributed by atoms with van der Waals surface area (Å²) in [5.74, 6) is 5.61. The van der Waals surface area contributed by atoms with E-state index in [0.29, 0.717) is 34.3 Å². The number of anilines is 1. The number of amides is 1. The van der Waals surface area contributed by atoms with Gasteiger partial charge in [-0.2, -0.15) is 5.11 Å². The highest BCUT2D eigenvalue weighted by Gasteiger charge is 2.41. The van der Waals surface area contributed by atoms with E-state index < -0.39 is 5.54 Å². The van der Waals surface area contributed by atoms with Crippen molar-refractivity contribution < 1.29 is 4.79 Å². The Balaban J connectivity index is 1.69. The molecule has 0 aliphatic carbocycles. The average molecular weight is 412 g/mol. The second-order valence-corrected chi connectivity index (χ2v) is 7.53. The van der Waals surface area contributed by atoms with Crippen molar-refractivity contribution in [2.45, 2.75) is 24.9 Å². The molecule has 0 radical (unpaired) electrons. The molecule has 1 fully saturated rings. The Morgan fingerprint density at radius 2 is 2.03 bits per heavy atom. The summed E-state index contributed by atoms with van der Waals surface area (Å²) in [6, 6.07) is 12.9. The van der Waals surface area contributed by atoms with Crippen molar-refractivity contribution in [2.24, 2.45) is 21.1 Å². The second-order valence-electron chi connectivity index (χ2n) is 7.10. The first-order valence-corrected chi connectivity index (χ1v) is 9.83. The number of nitrogens with one attached hydrogen (secondary N) is 3. The molecule has 0 saturated carbocycles. The maximum atomic E-state index is 12.2. The highest BCUT2D eigenvalue weighted by atomic mass is 35.5. The predicted molar refractivity (Wildman–Crippen MR) is 114 cm³/mol. The first-order valence-electron chi connectivity index (χ1n) is 9.45. The van der Waals surface area contributed by atoms with Crippen LogP contribution < -0.4 is 21.9 Å². The maximum absolute atomic E-state index is 12.2. The van der Waals surface area contributed by atoms with E-state index in [1.54, 1.807) is 12.1 Å². The van der Waals surface area contributed by atoms with Crippen molar-refractivity contribution in [3.8, 4) is 0 Å². The molecule has 9 heteroatoms. The first-order chi connectivity index (χ1) is 14.1. The van der Waals surface area contributed by atoms with Crippen molar-refractivity contribution in [3.63, 3.8) is 0 Å². The minimum atomic E-state index is -0.485. The second kappa shape index (κ2) is 8.28. The fraction of sp³-hybridized carbons (Fsp3) is 0.300. The van der Waals surface area contributed by atoms with Crippen LogP contribution in [-0.2, 0) is 6.54 Å². The van der Waals surface area contributed by atoms with Crippen molar-refractivity contribution in [1.29, 1.82) is 0 Å². The van der Waals surface area contributed by atoms with Crippen LogP contribution in [0.3, 0.4) is 0 Å². The number of nitrogen functional groups attached to an aromatic ring is 1. The molecule has 1 saturated heterocycles. The molecule has 150 valence electrons. The summed E-state index contributed by atoms with van der Waals surface area (Å²) in [5.41, 5.74) is 4.47. The van der Waals surface area contributed by atoms with Gasteiger partial charge in [0, 0.05) is 5.02 Å². The zero-order valence-corrected chi connectivity index (χ0v) is 16.5. The third kappa shape index (κ3) is 4.00. The Labute approximate surface area is 173 Å². The summed E-state index contributed by atoms with van der Waals surface area (Å²) in [7, 11) is 0. The number of azo groups is 1. The highest BCUT2D eigenvalue weighted by Crippen LogP contribution is 2.40. The van der Waals surface area contributed by atoms with E-state index in [-0.39, 0.29) is 5.91 Å². The number of hydrazine groups is 1. The number of halogens is 1. The number of benzene rings is 2. The Kier molecular flexibility index (Phi) is 5.57. The van der Waals surface area contributed by atoms with Crippen molar-refractivity contribution in [1.82, 2.24) is 10.7 Å². The molecular weight excluding hydrogens is 390 g/mol. The van der Waals surface area contributed by atoms with E-state index in [0.717, 1.165) is 31.5 Å². The van der Waals surface area contributed by atoms with Gasteiger partial charge in [-0.15, -0.1) is 5.11 Å². The van der Waals surface area contributed by atoms with Gasteiger partial charge in [0.1, 0.15) is 5.54 Å². The van der Waals surface area contributed by atoms with Crippen LogP contribution in [-0.4, -0.2) is 30.4 Å². The topological polar surface area (TPSA) is 116 Å². The molecule has 29 heavy (non-hydrogen) atoms. The molecule has 0 bridgehead atoms. The minimum Gasteiger partial charge on any atom is -0.370 e. The van der Waals surface area contributed by atoms with E-state index in [1.165, 1.54) is 0 Å². The molecule has 4 rings (SSSR count). The van der Waals surface area contributed by atoms with Crippen LogP contribution in [0, 0.1) is 0 Å². The molecular formula is C20H22ClN7O. The van der Waals surface area contributed by atoms with Gasteiger partial charge in [0.2, 0.25) is 0 Å². The number of piperidine rings is 1. The minimum absolute atomic E-state index is 0.361. The number of para-hydroxylation sites is 1. The van der Waals surface area contributed by atoms with Crippen molar-refractivity contribution in [3.05, 3.63) is 58.6 Å². The lowest BCUT2D eigenvalue weighted by Gasteiger charge is -2.41. The summed E-state index contributed by atoms with van der Waals surface area (Å²) in [6.07, 6.45) is 1.56. The Hall–Kier alpha value is -2.81. The van der Waals surface area contributed by atoms with Crippen molar-refractivity contribution >= 4 is 34.7 Å². The summed E-state index contributed by atoms with van der Waals surface area (Å²) in [4.78, 5) is 17.0. The van der Waals surface area contributed by atoms with Gasteiger partial charge in [-0.3, -0.25) is 10.2 Å². The Morgan fingerprint density at radius 3 is 2.79 bits per heavy atom. The average Bonchev–Trinajstić information content (AvgIpc) is 2.74. The molecule has 0 aromatic heterocycles. The van der Waals surface area contributed by atoms with Crippen LogP contribution >= 0.6 is 11.6 Å². The third-order valence-electron chi connectivity index (χ3n) is 5.20. The molecule has 2 heterocycles. The fourth-order valence-electron chi connectivity index (χ4n) is 3.69.